The molecule has 1 amide bonds. The van der Waals surface area contributed by atoms with E-state index in [0.717, 1.165) is 24.6 Å². The molecule has 0 radical (unpaired) electrons. The van der Waals surface area contributed by atoms with Crippen molar-refractivity contribution in [3.63, 3.8) is 0 Å². The SMILES string of the molecule is CCC(C)COC(=O)Oc1cc(C=C(C#N)C(=O)N(CC)CC)cc([N+](=O)[O-])c1O. The van der Waals surface area contributed by atoms with E-state index >= 15 is 0 Å². The van der Waals surface area contributed by atoms with Crippen LogP contribution in [0.4, 0.5) is 10.5 Å². The number of ether oxygens (including phenoxy) is 2. The number of carbonyl (C=O) groups excluding carboxylic acids is 2. The van der Waals surface area contributed by atoms with E-state index in [4.69, 9.17) is 9.47 Å². The van der Waals surface area contributed by atoms with Crippen molar-refractivity contribution >= 4 is 23.8 Å². The molecular formula is C20H25N3O7. The minimum absolute atomic E-state index is 0.0290. The number of nitriles is 1. The number of phenols is 1. The lowest BCUT2D eigenvalue weighted by Gasteiger charge is -2.17. The van der Waals surface area contributed by atoms with Gasteiger partial charge in [-0.15, -0.1) is 0 Å². The van der Waals surface area contributed by atoms with Gasteiger partial charge < -0.3 is 19.5 Å². The van der Waals surface area contributed by atoms with Crippen LogP contribution in [0.2, 0.25) is 0 Å². The van der Waals surface area contributed by atoms with E-state index in [-0.39, 0.29) is 23.7 Å². The van der Waals surface area contributed by atoms with E-state index < -0.39 is 34.2 Å². The molecule has 0 bridgehead atoms. The summed E-state index contributed by atoms with van der Waals surface area (Å²) in [6.45, 7) is 8.10. The normalized spacial score (nSPS) is 11.9. The maximum atomic E-state index is 12.4. The smallest absolute Gasteiger partial charge is 0.499 e. The van der Waals surface area contributed by atoms with Crippen molar-refractivity contribution in [1.29, 1.82) is 5.26 Å². The Labute approximate surface area is 174 Å². The molecule has 10 heteroatoms. The van der Waals surface area contributed by atoms with Gasteiger partial charge in [0.1, 0.15) is 11.6 Å². The molecule has 0 aliphatic rings. The number of nitro benzene ring substituents is 1. The molecule has 10 nitrogen and oxygen atoms in total. The van der Waals surface area contributed by atoms with Gasteiger partial charge in [-0.2, -0.15) is 5.26 Å². The zero-order valence-corrected chi connectivity index (χ0v) is 17.4. The van der Waals surface area contributed by atoms with Crippen LogP contribution in [0, 0.1) is 27.4 Å². The van der Waals surface area contributed by atoms with Crippen LogP contribution in [0.3, 0.4) is 0 Å². The highest BCUT2D eigenvalue weighted by Gasteiger charge is 2.23. The van der Waals surface area contributed by atoms with Crippen molar-refractivity contribution in [3.8, 4) is 17.6 Å². The van der Waals surface area contributed by atoms with Gasteiger partial charge in [0.25, 0.3) is 5.91 Å². The fourth-order valence-corrected chi connectivity index (χ4v) is 2.35. The average molecular weight is 419 g/mol. The summed E-state index contributed by atoms with van der Waals surface area (Å²) in [5, 5.41) is 30.7. The first-order valence-corrected chi connectivity index (χ1v) is 9.45. The van der Waals surface area contributed by atoms with Gasteiger partial charge in [-0.1, -0.05) is 20.3 Å². The summed E-state index contributed by atoms with van der Waals surface area (Å²) < 4.78 is 9.84. The number of benzene rings is 1. The molecule has 0 fully saturated rings. The Morgan fingerprint density at radius 1 is 1.33 bits per heavy atom. The van der Waals surface area contributed by atoms with E-state index in [0.29, 0.717) is 13.1 Å². The Bertz CT molecular complexity index is 870. The lowest BCUT2D eigenvalue weighted by Crippen LogP contribution is -2.31. The number of carbonyl (C=O) groups is 2. The van der Waals surface area contributed by atoms with Gasteiger partial charge in [-0.3, -0.25) is 14.9 Å². The van der Waals surface area contributed by atoms with Crippen LogP contribution in [-0.2, 0) is 9.53 Å². The number of amides is 1. The van der Waals surface area contributed by atoms with Crippen LogP contribution in [0.1, 0.15) is 39.7 Å². The van der Waals surface area contributed by atoms with Crippen LogP contribution in [0.25, 0.3) is 6.08 Å². The molecule has 162 valence electrons. The van der Waals surface area contributed by atoms with E-state index in [1.165, 1.54) is 4.90 Å². The molecule has 1 atom stereocenters. The Morgan fingerprint density at radius 2 is 1.97 bits per heavy atom. The van der Waals surface area contributed by atoms with E-state index in [1.807, 2.05) is 13.8 Å². The van der Waals surface area contributed by atoms with Crippen LogP contribution in [-0.4, -0.2) is 46.7 Å². The molecule has 1 aromatic rings. The third kappa shape index (κ3) is 6.48. The lowest BCUT2D eigenvalue weighted by atomic mass is 10.1. The summed E-state index contributed by atoms with van der Waals surface area (Å²) in [7, 11) is 0. The molecule has 1 N–H and O–H groups in total. The van der Waals surface area contributed by atoms with Crippen molar-refractivity contribution in [2.24, 2.45) is 5.92 Å². The topological polar surface area (TPSA) is 143 Å². The van der Waals surface area contributed by atoms with Crippen molar-refractivity contribution in [2.75, 3.05) is 19.7 Å². The summed E-state index contributed by atoms with van der Waals surface area (Å²) in [5.74, 6) is -1.85. The fourth-order valence-electron chi connectivity index (χ4n) is 2.35. The summed E-state index contributed by atoms with van der Waals surface area (Å²) in [6.07, 6.45) is 0.757. The molecule has 0 saturated heterocycles. The number of nitro groups is 1. The second-order valence-electron chi connectivity index (χ2n) is 6.47. The molecule has 0 spiro atoms. The Morgan fingerprint density at radius 3 is 2.47 bits per heavy atom. The summed E-state index contributed by atoms with van der Waals surface area (Å²) >= 11 is 0. The van der Waals surface area contributed by atoms with E-state index in [9.17, 15) is 30.1 Å². The maximum Gasteiger partial charge on any atom is 0.513 e. The molecule has 1 rings (SSSR count). The van der Waals surface area contributed by atoms with Gasteiger partial charge >= 0.3 is 11.8 Å². The predicted octanol–water partition coefficient (Wildman–Crippen LogP) is 3.64. The van der Waals surface area contributed by atoms with Gasteiger partial charge in [0.05, 0.1) is 11.5 Å². The van der Waals surface area contributed by atoms with Crippen molar-refractivity contribution in [3.05, 3.63) is 33.4 Å². The minimum Gasteiger partial charge on any atom is -0.499 e. The predicted molar refractivity (Wildman–Crippen MR) is 108 cm³/mol. The molecule has 0 aromatic heterocycles. The highest BCUT2D eigenvalue weighted by atomic mass is 16.7. The first-order chi connectivity index (χ1) is 14.2. The quantitative estimate of drug-likeness (QED) is 0.160. The Balaban J connectivity index is 3.31. The van der Waals surface area contributed by atoms with E-state index in [1.54, 1.807) is 19.9 Å². The summed E-state index contributed by atoms with van der Waals surface area (Å²) in [4.78, 5) is 36.1. The molecule has 1 unspecified atom stereocenters. The first kappa shape index (κ1) is 24.4. The number of phenolic OH excluding ortho intramolecular Hbond substituents is 1. The van der Waals surface area contributed by atoms with Gasteiger partial charge in [0.2, 0.25) is 5.75 Å². The fraction of sp³-hybridized carbons (Fsp3) is 0.450. The molecule has 1 aromatic carbocycles. The van der Waals surface area contributed by atoms with Gasteiger partial charge in [-0.25, -0.2) is 4.79 Å². The first-order valence-electron chi connectivity index (χ1n) is 9.45. The van der Waals surface area contributed by atoms with Crippen LogP contribution in [0.5, 0.6) is 11.5 Å². The second-order valence-corrected chi connectivity index (χ2v) is 6.47. The molecule has 0 saturated carbocycles. The number of nitrogens with zero attached hydrogens (tertiary/aromatic N) is 3. The van der Waals surface area contributed by atoms with E-state index in [2.05, 4.69) is 0 Å². The highest BCUT2D eigenvalue weighted by molar-refractivity contribution is 6.01. The molecule has 30 heavy (non-hydrogen) atoms. The van der Waals surface area contributed by atoms with Crippen molar-refractivity contribution in [1.82, 2.24) is 4.90 Å². The van der Waals surface area contributed by atoms with Gasteiger partial charge in [0, 0.05) is 19.2 Å². The third-order valence-electron chi connectivity index (χ3n) is 4.36. The number of rotatable bonds is 9. The van der Waals surface area contributed by atoms with Gasteiger partial charge in [-0.05, 0) is 37.5 Å². The average Bonchev–Trinajstić information content (AvgIpc) is 2.72. The zero-order chi connectivity index (χ0) is 22.8. The van der Waals surface area contributed by atoms with Crippen LogP contribution < -0.4 is 4.74 Å². The third-order valence-corrected chi connectivity index (χ3v) is 4.36. The number of aromatic hydroxyl groups is 1. The largest absolute Gasteiger partial charge is 0.513 e. The Hall–Kier alpha value is -3.61. The lowest BCUT2D eigenvalue weighted by molar-refractivity contribution is -0.385. The maximum absolute atomic E-state index is 12.4. The number of likely N-dealkylation sites (N-methyl/N-ethyl adjacent to an activating group) is 1. The highest BCUT2D eigenvalue weighted by Crippen LogP contribution is 2.38. The summed E-state index contributed by atoms with van der Waals surface area (Å²) in [5.41, 5.74) is -0.980. The summed E-state index contributed by atoms with van der Waals surface area (Å²) in [6, 6.07) is 3.85. The van der Waals surface area contributed by atoms with Crippen molar-refractivity contribution < 1.29 is 29.1 Å². The molecule has 0 heterocycles. The zero-order valence-electron chi connectivity index (χ0n) is 17.4. The molecular weight excluding hydrogens is 394 g/mol. The Kier molecular flexibility index (Phi) is 9.29. The molecule has 0 aliphatic heterocycles. The van der Waals surface area contributed by atoms with Gasteiger partial charge in [0.15, 0.2) is 5.75 Å². The second kappa shape index (κ2) is 11.4. The van der Waals surface area contributed by atoms with Crippen LogP contribution in [0.15, 0.2) is 17.7 Å². The van der Waals surface area contributed by atoms with Crippen LogP contribution >= 0.6 is 0 Å². The molecule has 0 aliphatic carbocycles. The number of hydrogen-bond acceptors (Lipinski definition) is 8. The number of hydrogen-bond donors (Lipinski definition) is 1. The standard InChI is InChI=1S/C20H25N3O7/c1-5-13(4)12-29-20(26)30-17-10-14(9-16(18(17)24)23(27)28)8-15(11-21)19(25)22(6-2)7-3/h8-10,13,24H,5-7,12H2,1-4H3. The minimum atomic E-state index is -1.14. The monoisotopic (exact) mass is 419 g/mol. The van der Waals surface area contributed by atoms with Crippen molar-refractivity contribution in [2.45, 2.75) is 34.1 Å².